The second-order valence-electron chi connectivity index (χ2n) is 4.09. The number of rotatable bonds is 3. The van der Waals surface area contributed by atoms with Crippen LogP contribution in [-0.4, -0.2) is 16.5 Å². The fraction of sp³-hybridized carbons (Fsp3) is 0.600. The van der Waals surface area contributed by atoms with Gasteiger partial charge in [-0.2, -0.15) is 0 Å². The van der Waals surface area contributed by atoms with Crippen molar-refractivity contribution < 1.29 is 0 Å². The Morgan fingerprint density at radius 2 is 2.36 bits per heavy atom. The van der Waals surface area contributed by atoms with E-state index in [-0.39, 0.29) is 0 Å². The molecule has 0 atom stereocenters. The van der Waals surface area contributed by atoms with Gasteiger partial charge in [0.05, 0.1) is 5.69 Å². The fourth-order valence-corrected chi connectivity index (χ4v) is 1.70. The molecule has 0 spiro atoms. The normalized spacial score (nSPS) is 19.4. The van der Waals surface area contributed by atoms with E-state index in [1.165, 1.54) is 18.4 Å². The van der Waals surface area contributed by atoms with E-state index in [9.17, 15) is 0 Å². The topological polar surface area (TPSA) is 49.8 Å². The number of nitrogens with zero attached hydrogens (tertiary/aromatic N) is 2. The summed E-state index contributed by atoms with van der Waals surface area (Å²) in [5, 5.41) is 6.55. The van der Waals surface area contributed by atoms with Crippen LogP contribution >= 0.6 is 0 Å². The van der Waals surface area contributed by atoms with E-state index >= 15 is 0 Å². The number of hydrogen-bond donors (Lipinski definition) is 2. The maximum absolute atomic E-state index is 4.47. The van der Waals surface area contributed by atoms with Crippen LogP contribution in [0.25, 0.3) is 0 Å². The van der Waals surface area contributed by atoms with Crippen LogP contribution in [0.1, 0.15) is 24.1 Å². The molecule has 1 aliphatic heterocycles. The molecule has 0 bridgehead atoms. The van der Waals surface area contributed by atoms with Crippen molar-refractivity contribution in [2.24, 2.45) is 5.92 Å². The lowest BCUT2D eigenvalue weighted by atomic mass is 10.3. The fourth-order valence-electron chi connectivity index (χ4n) is 1.70. The lowest BCUT2D eigenvalue weighted by molar-refractivity contribution is 0.757. The zero-order chi connectivity index (χ0) is 9.38. The van der Waals surface area contributed by atoms with Crippen molar-refractivity contribution in [2.75, 3.05) is 11.9 Å². The van der Waals surface area contributed by atoms with E-state index in [2.05, 4.69) is 20.6 Å². The predicted octanol–water partition coefficient (Wildman–Crippen LogP) is 0.902. The Balaban J connectivity index is 1.71. The molecule has 1 fully saturated rings. The van der Waals surface area contributed by atoms with Crippen LogP contribution in [0.2, 0.25) is 0 Å². The molecular formula is C10H14N4. The number of aromatic nitrogens is 2. The number of anilines is 1. The van der Waals surface area contributed by atoms with Gasteiger partial charge in [0, 0.05) is 31.4 Å². The number of hydrogen-bond acceptors (Lipinski definition) is 4. The summed E-state index contributed by atoms with van der Waals surface area (Å²) in [6, 6.07) is 0. The van der Waals surface area contributed by atoms with Gasteiger partial charge in [-0.05, 0) is 18.8 Å². The highest BCUT2D eigenvalue weighted by atomic mass is 15.1. The monoisotopic (exact) mass is 190 g/mol. The molecule has 0 aromatic carbocycles. The predicted molar refractivity (Wildman–Crippen MR) is 53.8 cm³/mol. The summed E-state index contributed by atoms with van der Waals surface area (Å²) >= 11 is 0. The van der Waals surface area contributed by atoms with Crippen LogP contribution in [0.4, 0.5) is 5.95 Å². The minimum Gasteiger partial charge on any atom is -0.354 e. The van der Waals surface area contributed by atoms with Gasteiger partial charge in [-0.25, -0.2) is 9.97 Å². The summed E-state index contributed by atoms with van der Waals surface area (Å²) in [5.41, 5.74) is 2.39. The Labute approximate surface area is 83.1 Å². The Morgan fingerprint density at radius 3 is 3.21 bits per heavy atom. The van der Waals surface area contributed by atoms with Crippen molar-refractivity contribution in [3.05, 3.63) is 17.5 Å². The zero-order valence-electron chi connectivity index (χ0n) is 8.08. The largest absolute Gasteiger partial charge is 0.354 e. The van der Waals surface area contributed by atoms with Crippen molar-refractivity contribution in [1.29, 1.82) is 0 Å². The molecule has 0 unspecified atom stereocenters. The minimum absolute atomic E-state index is 0.791. The summed E-state index contributed by atoms with van der Waals surface area (Å²) in [5.74, 6) is 1.66. The third-order valence-electron chi connectivity index (χ3n) is 2.81. The van der Waals surface area contributed by atoms with E-state index < -0.39 is 0 Å². The van der Waals surface area contributed by atoms with Crippen molar-refractivity contribution >= 4 is 5.95 Å². The van der Waals surface area contributed by atoms with E-state index in [1.807, 2.05) is 6.20 Å². The number of nitrogens with one attached hydrogen (secondary N) is 2. The first-order valence-corrected chi connectivity index (χ1v) is 5.21. The van der Waals surface area contributed by atoms with Gasteiger partial charge in [0.25, 0.3) is 0 Å². The van der Waals surface area contributed by atoms with Gasteiger partial charge in [-0.1, -0.05) is 0 Å². The van der Waals surface area contributed by atoms with Crippen LogP contribution in [0.3, 0.4) is 0 Å². The van der Waals surface area contributed by atoms with Crippen molar-refractivity contribution in [3.63, 3.8) is 0 Å². The molecule has 1 aromatic heterocycles. The Kier molecular flexibility index (Phi) is 1.87. The summed E-state index contributed by atoms with van der Waals surface area (Å²) in [7, 11) is 0. The first kappa shape index (κ1) is 8.17. The zero-order valence-corrected chi connectivity index (χ0v) is 8.08. The van der Waals surface area contributed by atoms with Crippen LogP contribution in [0, 0.1) is 5.92 Å². The molecule has 0 amide bonds. The third-order valence-corrected chi connectivity index (χ3v) is 2.81. The van der Waals surface area contributed by atoms with Gasteiger partial charge in [0.1, 0.15) is 0 Å². The van der Waals surface area contributed by atoms with Crippen molar-refractivity contribution in [3.8, 4) is 0 Å². The molecule has 0 radical (unpaired) electrons. The van der Waals surface area contributed by atoms with E-state index in [0.717, 1.165) is 37.2 Å². The standard InChI is InChI=1S/C10H14N4/c1-2-7(1)3-12-10-13-5-8-4-11-6-9(8)14-10/h5,7,11H,1-4,6H2,(H,12,13,14). The molecule has 1 aromatic rings. The molecule has 4 nitrogen and oxygen atoms in total. The first-order chi connectivity index (χ1) is 6.92. The maximum Gasteiger partial charge on any atom is 0.222 e. The molecule has 0 saturated heterocycles. The molecule has 74 valence electrons. The van der Waals surface area contributed by atoms with Gasteiger partial charge in [0.15, 0.2) is 0 Å². The van der Waals surface area contributed by atoms with Crippen LogP contribution in [0.5, 0.6) is 0 Å². The second-order valence-corrected chi connectivity index (χ2v) is 4.09. The average molecular weight is 190 g/mol. The summed E-state index contributed by atoms with van der Waals surface area (Å²) < 4.78 is 0. The van der Waals surface area contributed by atoms with Crippen LogP contribution in [-0.2, 0) is 13.1 Å². The Morgan fingerprint density at radius 1 is 1.43 bits per heavy atom. The second kappa shape index (κ2) is 3.20. The van der Waals surface area contributed by atoms with E-state index in [1.54, 1.807) is 0 Å². The van der Waals surface area contributed by atoms with Crippen LogP contribution in [0.15, 0.2) is 6.20 Å². The molecule has 14 heavy (non-hydrogen) atoms. The highest BCUT2D eigenvalue weighted by Crippen LogP contribution is 2.28. The molecule has 1 saturated carbocycles. The minimum atomic E-state index is 0.791. The quantitative estimate of drug-likeness (QED) is 0.743. The van der Waals surface area contributed by atoms with E-state index in [0.29, 0.717) is 0 Å². The third kappa shape index (κ3) is 1.57. The summed E-state index contributed by atoms with van der Waals surface area (Å²) in [6.07, 6.45) is 4.65. The summed E-state index contributed by atoms with van der Waals surface area (Å²) in [6.45, 7) is 2.83. The Bertz CT molecular complexity index is 346. The van der Waals surface area contributed by atoms with Crippen molar-refractivity contribution in [1.82, 2.24) is 15.3 Å². The maximum atomic E-state index is 4.47. The average Bonchev–Trinajstić information content (AvgIpc) is 2.92. The van der Waals surface area contributed by atoms with Gasteiger partial charge in [-0.15, -0.1) is 0 Å². The lowest BCUT2D eigenvalue weighted by Gasteiger charge is -2.04. The smallest absolute Gasteiger partial charge is 0.222 e. The molecule has 3 rings (SSSR count). The molecule has 2 N–H and O–H groups in total. The molecule has 2 aliphatic rings. The lowest BCUT2D eigenvalue weighted by Crippen LogP contribution is -2.08. The SMILES string of the molecule is c1nc(NCC2CC2)nc2c1CNC2. The highest BCUT2D eigenvalue weighted by molar-refractivity contribution is 5.31. The van der Waals surface area contributed by atoms with Gasteiger partial charge in [-0.3, -0.25) is 0 Å². The van der Waals surface area contributed by atoms with Gasteiger partial charge < -0.3 is 10.6 Å². The van der Waals surface area contributed by atoms with Crippen LogP contribution < -0.4 is 10.6 Å². The molecular weight excluding hydrogens is 176 g/mol. The van der Waals surface area contributed by atoms with Crippen molar-refractivity contribution in [2.45, 2.75) is 25.9 Å². The molecule has 1 aliphatic carbocycles. The highest BCUT2D eigenvalue weighted by Gasteiger charge is 2.21. The van der Waals surface area contributed by atoms with Gasteiger partial charge in [0.2, 0.25) is 5.95 Å². The van der Waals surface area contributed by atoms with Gasteiger partial charge >= 0.3 is 0 Å². The summed E-state index contributed by atoms with van der Waals surface area (Å²) in [4.78, 5) is 8.76. The van der Waals surface area contributed by atoms with E-state index in [4.69, 9.17) is 0 Å². The molecule has 4 heteroatoms. The number of fused-ring (bicyclic) bond motifs is 1. The molecule has 2 heterocycles. The Hall–Kier alpha value is -1.16. The first-order valence-electron chi connectivity index (χ1n) is 5.21.